The first-order valence-corrected chi connectivity index (χ1v) is 6.79. The summed E-state index contributed by atoms with van der Waals surface area (Å²) in [5, 5.41) is 0. The van der Waals surface area contributed by atoms with Crippen molar-refractivity contribution in [1.29, 1.82) is 0 Å². The average Bonchev–Trinajstić information content (AvgIpc) is 2.41. The van der Waals surface area contributed by atoms with E-state index in [1.807, 2.05) is 24.3 Å². The smallest absolute Gasteiger partial charge is 0.163 e. The molecule has 3 nitrogen and oxygen atoms in total. The predicted molar refractivity (Wildman–Crippen MR) is 77.6 cm³/mol. The third kappa shape index (κ3) is 3.89. The van der Waals surface area contributed by atoms with E-state index in [1.54, 1.807) is 18.3 Å². The Morgan fingerprint density at radius 2 is 2.16 bits per heavy atom. The van der Waals surface area contributed by atoms with Gasteiger partial charge >= 0.3 is 0 Å². The summed E-state index contributed by atoms with van der Waals surface area (Å²) >= 11 is 3.35. The Morgan fingerprint density at radius 3 is 2.84 bits per heavy atom. The first-order valence-electron chi connectivity index (χ1n) is 6.00. The van der Waals surface area contributed by atoms with E-state index in [2.05, 4.69) is 20.9 Å². The number of rotatable bonds is 5. The van der Waals surface area contributed by atoms with E-state index in [1.165, 1.54) is 6.92 Å². The summed E-state index contributed by atoms with van der Waals surface area (Å²) in [7, 11) is 0. The molecule has 0 saturated heterocycles. The molecule has 2 aromatic rings. The number of nitrogens with zero attached hydrogens (tertiary/aromatic N) is 1. The third-order valence-electron chi connectivity index (χ3n) is 2.66. The van der Waals surface area contributed by atoms with Crippen LogP contribution in [0, 0.1) is 0 Å². The number of halogens is 1. The minimum Gasteiger partial charge on any atom is -0.492 e. The maximum absolute atomic E-state index is 11.5. The van der Waals surface area contributed by atoms with Crippen LogP contribution >= 0.6 is 15.9 Å². The molecule has 0 atom stereocenters. The standard InChI is InChI=1S/C15H14BrNO2/c1-11(18)14-10-12(16)5-6-15(14)19-9-7-13-4-2-3-8-17-13/h2-6,8,10H,7,9H2,1H3. The van der Waals surface area contributed by atoms with Crippen molar-refractivity contribution in [3.8, 4) is 5.75 Å². The Morgan fingerprint density at radius 1 is 1.32 bits per heavy atom. The van der Waals surface area contributed by atoms with Crippen LogP contribution in [0.3, 0.4) is 0 Å². The van der Waals surface area contributed by atoms with Crippen LogP contribution in [-0.4, -0.2) is 17.4 Å². The summed E-state index contributed by atoms with van der Waals surface area (Å²) in [5.41, 5.74) is 1.57. The fourth-order valence-electron chi connectivity index (χ4n) is 1.71. The lowest BCUT2D eigenvalue weighted by atomic mass is 10.1. The van der Waals surface area contributed by atoms with Crippen LogP contribution in [0.5, 0.6) is 5.75 Å². The molecule has 0 saturated carbocycles. The van der Waals surface area contributed by atoms with Crippen molar-refractivity contribution >= 4 is 21.7 Å². The predicted octanol–water partition coefficient (Wildman–Crippen LogP) is 3.67. The van der Waals surface area contributed by atoms with Gasteiger partial charge in [0.2, 0.25) is 0 Å². The maximum atomic E-state index is 11.5. The molecule has 98 valence electrons. The summed E-state index contributed by atoms with van der Waals surface area (Å²) in [6.45, 7) is 2.03. The SMILES string of the molecule is CC(=O)c1cc(Br)ccc1OCCc1ccccn1. The van der Waals surface area contributed by atoms with Gasteiger partial charge in [-0.15, -0.1) is 0 Å². The zero-order valence-electron chi connectivity index (χ0n) is 10.6. The van der Waals surface area contributed by atoms with Crippen LogP contribution in [0.4, 0.5) is 0 Å². The van der Waals surface area contributed by atoms with E-state index in [0.717, 1.165) is 10.2 Å². The fourth-order valence-corrected chi connectivity index (χ4v) is 2.08. The summed E-state index contributed by atoms with van der Waals surface area (Å²) in [4.78, 5) is 15.8. The molecule has 19 heavy (non-hydrogen) atoms. The molecule has 0 radical (unpaired) electrons. The summed E-state index contributed by atoms with van der Waals surface area (Å²) in [6, 6.07) is 11.2. The molecule has 2 rings (SSSR count). The largest absolute Gasteiger partial charge is 0.492 e. The van der Waals surface area contributed by atoms with E-state index in [9.17, 15) is 4.79 Å². The number of pyridine rings is 1. The molecular formula is C15H14BrNO2. The van der Waals surface area contributed by atoms with Crippen molar-refractivity contribution in [3.63, 3.8) is 0 Å². The molecular weight excluding hydrogens is 306 g/mol. The topological polar surface area (TPSA) is 39.2 Å². The van der Waals surface area contributed by atoms with E-state index in [-0.39, 0.29) is 5.78 Å². The molecule has 0 fully saturated rings. The number of aromatic nitrogens is 1. The van der Waals surface area contributed by atoms with Gasteiger partial charge in [0, 0.05) is 22.8 Å². The second-order valence-electron chi connectivity index (χ2n) is 4.12. The zero-order valence-corrected chi connectivity index (χ0v) is 12.2. The van der Waals surface area contributed by atoms with Crippen molar-refractivity contribution in [2.24, 2.45) is 0 Å². The first-order chi connectivity index (χ1) is 9.16. The quantitative estimate of drug-likeness (QED) is 0.789. The summed E-state index contributed by atoms with van der Waals surface area (Å²) in [5.74, 6) is 0.612. The van der Waals surface area contributed by atoms with Crippen molar-refractivity contribution in [3.05, 3.63) is 58.3 Å². The Kier molecular flexibility index (Phi) is 4.68. The second-order valence-corrected chi connectivity index (χ2v) is 5.03. The van der Waals surface area contributed by atoms with Crippen molar-refractivity contribution < 1.29 is 9.53 Å². The molecule has 0 aliphatic carbocycles. The molecule has 0 bridgehead atoms. The van der Waals surface area contributed by atoms with Gasteiger partial charge in [0.25, 0.3) is 0 Å². The molecule has 1 aromatic carbocycles. The minimum absolute atomic E-state index is 0.00543. The van der Waals surface area contributed by atoms with E-state index >= 15 is 0 Å². The number of benzene rings is 1. The Hall–Kier alpha value is -1.68. The van der Waals surface area contributed by atoms with Gasteiger partial charge in [-0.1, -0.05) is 22.0 Å². The summed E-state index contributed by atoms with van der Waals surface area (Å²) < 4.78 is 6.55. The molecule has 0 aliphatic rings. The lowest BCUT2D eigenvalue weighted by Gasteiger charge is -2.10. The Bertz CT molecular complexity index is 570. The number of hydrogen-bond acceptors (Lipinski definition) is 3. The lowest BCUT2D eigenvalue weighted by molar-refractivity contribution is 0.101. The van der Waals surface area contributed by atoms with E-state index < -0.39 is 0 Å². The molecule has 4 heteroatoms. The van der Waals surface area contributed by atoms with Crippen LogP contribution in [0.15, 0.2) is 47.1 Å². The Labute approximate surface area is 120 Å². The number of hydrogen-bond donors (Lipinski definition) is 0. The highest BCUT2D eigenvalue weighted by atomic mass is 79.9. The molecule has 0 aliphatic heterocycles. The number of ether oxygens (including phenoxy) is 1. The van der Waals surface area contributed by atoms with Crippen molar-refractivity contribution in [2.75, 3.05) is 6.61 Å². The van der Waals surface area contributed by atoms with Crippen LogP contribution in [0.2, 0.25) is 0 Å². The molecule has 0 unspecified atom stereocenters. The number of carbonyl (C=O) groups is 1. The highest BCUT2D eigenvalue weighted by Gasteiger charge is 2.09. The van der Waals surface area contributed by atoms with E-state index in [4.69, 9.17) is 4.74 Å². The van der Waals surface area contributed by atoms with Crippen LogP contribution in [0.1, 0.15) is 23.0 Å². The highest BCUT2D eigenvalue weighted by Crippen LogP contribution is 2.23. The van der Waals surface area contributed by atoms with Gasteiger partial charge in [-0.25, -0.2) is 0 Å². The van der Waals surface area contributed by atoms with Gasteiger partial charge in [0.15, 0.2) is 5.78 Å². The minimum atomic E-state index is -0.00543. The fraction of sp³-hybridized carbons (Fsp3) is 0.200. The first kappa shape index (κ1) is 13.7. The van der Waals surface area contributed by atoms with Crippen LogP contribution in [-0.2, 0) is 6.42 Å². The van der Waals surface area contributed by atoms with E-state index in [0.29, 0.717) is 24.3 Å². The van der Waals surface area contributed by atoms with Gasteiger partial charge in [-0.05, 0) is 37.3 Å². The van der Waals surface area contributed by atoms with Crippen molar-refractivity contribution in [1.82, 2.24) is 4.98 Å². The normalized spacial score (nSPS) is 10.2. The van der Waals surface area contributed by atoms with Crippen LogP contribution < -0.4 is 4.74 Å². The maximum Gasteiger partial charge on any atom is 0.163 e. The summed E-state index contributed by atoms with van der Waals surface area (Å²) in [6.07, 6.45) is 2.48. The monoisotopic (exact) mass is 319 g/mol. The molecule has 0 amide bonds. The van der Waals surface area contributed by atoms with Gasteiger partial charge in [-0.2, -0.15) is 0 Å². The number of Topliss-reactive ketones (excluding diaryl/α,β-unsaturated/α-hetero) is 1. The zero-order chi connectivity index (χ0) is 13.7. The number of ketones is 1. The Balaban J connectivity index is 2.02. The molecule has 0 spiro atoms. The van der Waals surface area contributed by atoms with Gasteiger partial charge in [-0.3, -0.25) is 9.78 Å². The van der Waals surface area contributed by atoms with Crippen LogP contribution in [0.25, 0.3) is 0 Å². The lowest BCUT2D eigenvalue weighted by Crippen LogP contribution is -2.06. The second kappa shape index (κ2) is 6.48. The van der Waals surface area contributed by atoms with Gasteiger partial charge < -0.3 is 4.74 Å². The molecule has 0 N–H and O–H groups in total. The molecule has 1 heterocycles. The van der Waals surface area contributed by atoms with Crippen molar-refractivity contribution in [2.45, 2.75) is 13.3 Å². The van der Waals surface area contributed by atoms with Gasteiger partial charge in [0.1, 0.15) is 5.75 Å². The number of carbonyl (C=O) groups excluding carboxylic acids is 1. The van der Waals surface area contributed by atoms with Gasteiger partial charge in [0.05, 0.1) is 12.2 Å². The molecule has 1 aromatic heterocycles. The third-order valence-corrected chi connectivity index (χ3v) is 3.16. The average molecular weight is 320 g/mol. The highest BCUT2D eigenvalue weighted by molar-refractivity contribution is 9.10.